The number of nitrogens with zero attached hydrogens (tertiary/aromatic N) is 2. The Morgan fingerprint density at radius 1 is 1.70 bits per heavy atom. The Balaban J connectivity index is 2.87. The van der Waals surface area contributed by atoms with Crippen LogP contribution in [-0.2, 0) is 0 Å². The minimum absolute atomic E-state index is 0.277. The molecule has 0 atom stereocenters. The van der Waals surface area contributed by atoms with Gasteiger partial charge in [-0.25, -0.2) is 4.98 Å². The van der Waals surface area contributed by atoms with Crippen LogP contribution in [0.25, 0.3) is 0 Å². The van der Waals surface area contributed by atoms with Crippen molar-refractivity contribution in [3.05, 3.63) is 6.20 Å². The van der Waals surface area contributed by atoms with Crippen LogP contribution >= 0.6 is 0 Å². The minimum atomic E-state index is 0.277. The van der Waals surface area contributed by atoms with E-state index >= 15 is 0 Å². The van der Waals surface area contributed by atoms with Crippen molar-refractivity contribution < 1.29 is 4.84 Å². The molecule has 5 heteroatoms. The number of nitrogens with two attached hydrogens (primary N) is 2. The van der Waals surface area contributed by atoms with E-state index in [-0.39, 0.29) is 5.95 Å². The van der Waals surface area contributed by atoms with Crippen molar-refractivity contribution in [3.8, 4) is 0 Å². The monoisotopic (exact) mass is 142 g/mol. The Kier molecular flexibility index (Phi) is 1.66. The van der Waals surface area contributed by atoms with Crippen LogP contribution in [0.5, 0.6) is 0 Å². The molecule has 1 aromatic heterocycles. The van der Waals surface area contributed by atoms with Crippen LogP contribution in [0.4, 0.5) is 11.8 Å². The van der Waals surface area contributed by atoms with E-state index in [4.69, 9.17) is 16.3 Å². The predicted molar refractivity (Wildman–Crippen MR) is 38.2 cm³/mol. The highest BCUT2D eigenvalue weighted by Gasteiger charge is 2.01. The maximum Gasteiger partial charge on any atom is 0.236 e. The van der Waals surface area contributed by atoms with Crippen LogP contribution in [0.3, 0.4) is 0 Å². The highest BCUT2D eigenvalue weighted by molar-refractivity contribution is 5.34. The molecular weight excluding hydrogens is 132 g/mol. The van der Waals surface area contributed by atoms with Gasteiger partial charge in [0.25, 0.3) is 0 Å². The van der Waals surface area contributed by atoms with Gasteiger partial charge in [0, 0.05) is 0 Å². The van der Waals surface area contributed by atoms with Crippen LogP contribution in [0, 0.1) is 0 Å². The van der Waals surface area contributed by atoms with Gasteiger partial charge in [-0.05, 0) is 6.92 Å². The number of rotatable bonds is 2. The second-order valence-electron chi connectivity index (χ2n) is 1.75. The van der Waals surface area contributed by atoms with Crippen LogP contribution in [0.15, 0.2) is 6.20 Å². The van der Waals surface area contributed by atoms with E-state index in [2.05, 4.69) is 4.98 Å². The molecule has 1 rings (SSSR count). The summed E-state index contributed by atoms with van der Waals surface area (Å²) in [5.74, 6) is 0.693. The van der Waals surface area contributed by atoms with Crippen molar-refractivity contribution in [2.45, 2.75) is 6.92 Å². The Labute approximate surface area is 58.5 Å². The molecule has 0 saturated carbocycles. The average Bonchev–Trinajstić information content (AvgIpc) is 2.20. The Morgan fingerprint density at radius 2 is 2.40 bits per heavy atom. The third-order valence-corrected chi connectivity index (χ3v) is 1.03. The molecule has 0 radical (unpaired) electrons. The van der Waals surface area contributed by atoms with Crippen LogP contribution in [0.1, 0.15) is 6.92 Å². The van der Waals surface area contributed by atoms with Gasteiger partial charge in [0.05, 0.1) is 6.20 Å². The lowest BCUT2D eigenvalue weighted by molar-refractivity contribution is 0.131. The fourth-order valence-electron chi connectivity index (χ4n) is 0.639. The van der Waals surface area contributed by atoms with E-state index in [1.54, 1.807) is 0 Å². The molecular formula is C5H10N4O. The summed E-state index contributed by atoms with van der Waals surface area (Å²) in [5, 5.41) is 0. The normalized spacial score (nSPS) is 9.70. The van der Waals surface area contributed by atoms with Crippen molar-refractivity contribution in [2.24, 2.45) is 0 Å². The van der Waals surface area contributed by atoms with Gasteiger partial charge >= 0.3 is 0 Å². The molecule has 0 saturated heterocycles. The van der Waals surface area contributed by atoms with Crippen LogP contribution < -0.4 is 16.3 Å². The van der Waals surface area contributed by atoms with Crippen molar-refractivity contribution in [1.82, 2.24) is 9.71 Å². The minimum Gasteiger partial charge on any atom is -0.409 e. The zero-order valence-electron chi connectivity index (χ0n) is 5.74. The van der Waals surface area contributed by atoms with Crippen LogP contribution in [-0.4, -0.2) is 16.3 Å². The van der Waals surface area contributed by atoms with E-state index in [0.29, 0.717) is 12.4 Å². The first-order chi connectivity index (χ1) is 4.75. The predicted octanol–water partition coefficient (Wildman–Crippen LogP) is -0.504. The Bertz CT molecular complexity index is 200. The summed E-state index contributed by atoms with van der Waals surface area (Å²) in [6.07, 6.45) is 1.45. The number of hydrogen-bond acceptors (Lipinski definition) is 4. The molecule has 0 aliphatic carbocycles. The molecule has 5 nitrogen and oxygen atoms in total. The lowest BCUT2D eigenvalue weighted by Gasteiger charge is -2.04. The standard InChI is InChI=1S/C5H10N4O/c1-2-10-9-4(6)3-8-5(9)7/h3H,2,6H2,1H3,(H2,7,8). The second kappa shape index (κ2) is 2.47. The third-order valence-electron chi connectivity index (χ3n) is 1.03. The second-order valence-corrected chi connectivity index (χ2v) is 1.75. The molecule has 0 bridgehead atoms. The Morgan fingerprint density at radius 3 is 2.80 bits per heavy atom. The lowest BCUT2D eigenvalue weighted by Crippen LogP contribution is -2.15. The average molecular weight is 142 g/mol. The molecule has 4 N–H and O–H groups in total. The van der Waals surface area contributed by atoms with Gasteiger partial charge < -0.3 is 16.3 Å². The maximum atomic E-state index is 5.42. The number of anilines is 2. The topological polar surface area (TPSA) is 79.1 Å². The van der Waals surface area contributed by atoms with E-state index in [0.717, 1.165) is 0 Å². The molecule has 0 fully saturated rings. The maximum absolute atomic E-state index is 5.42. The van der Waals surface area contributed by atoms with Gasteiger partial charge in [-0.15, -0.1) is 4.73 Å². The van der Waals surface area contributed by atoms with E-state index in [9.17, 15) is 0 Å². The van der Waals surface area contributed by atoms with Gasteiger partial charge in [-0.2, -0.15) is 0 Å². The molecule has 10 heavy (non-hydrogen) atoms. The summed E-state index contributed by atoms with van der Waals surface area (Å²) in [4.78, 5) is 8.74. The van der Waals surface area contributed by atoms with E-state index in [1.807, 2.05) is 6.92 Å². The first kappa shape index (κ1) is 6.73. The number of imidazole rings is 1. The molecule has 0 unspecified atom stereocenters. The zero-order valence-corrected chi connectivity index (χ0v) is 5.74. The summed E-state index contributed by atoms with van der Waals surface area (Å²) >= 11 is 0. The first-order valence-electron chi connectivity index (χ1n) is 2.97. The summed E-state index contributed by atoms with van der Waals surface area (Å²) in [6, 6.07) is 0. The van der Waals surface area contributed by atoms with Gasteiger partial charge in [0.15, 0.2) is 5.82 Å². The van der Waals surface area contributed by atoms with E-state index in [1.165, 1.54) is 10.9 Å². The van der Waals surface area contributed by atoms with Crippen molar-refractivity contribution in [1.29, 1.82) is 0 Å². The Hall–Kier alpha value is -1.39. The number of nitrogen functional groups attached to an aromatic ring is 2. The SMILES string of the molecule is CCOn1c(N)cnc1N. The highest BCUT2D eigenvalue weighted by atomic mass is 16.7. The summed E-state index contributed by atoms with van der Waals surface area (Å²) < 4.78 is 1.29. The smallest absolute Gasteiger partial charge is 0.236 e. The summed E-state index contributed by atoms with van der Waals surface area (Å²) in [5.41, 5.74) is 10.8. The molecule has 1 heterocycles. The molecule has 0 spiro atoms. The highest BCUT2D eigenvalue weighted by Crippen LogP contribution is 2.04. The summed E-state index contributed by atoms with van der Waals surface area (Å²) in [7, 11) is 0. The molecule has 0 amide bonds. The van der Waals surface area contributed by atoms with Gasteiger partial charge in [-0.3, -0.25) is 0 Å². The zero-order chi connectivity index (χ0) is 7.56. The van der Waals surface area contributed by atoms with Crippen molar-refractivity contribution in [2.75, 3.05) is 18.1 Å². The molecule has 0 aromatic carbocycles. The van der Waals surface area contributed by atoms with Gasteiger partial charge in [0.1, 0.15) is 6.61 Å². The van der Waals surface area contributed by atoms with Crippen molar-refractivity contribution in [3.63, 3.8) is 0 Å². The van der Waals surface area contributed by atoms with Crippen LogP contribution in [0.2, 0.25) is 0 Å². The molecule has 0 aliphatic heterocycles. The molecule has 1 aromatic rings. The first-order valence-corrected chi connectivity index (χ1v) is 2.97. The van der Waals surface area contributed by atoms with Gasteiger partial charge in [-0.1, -0.05) is 0 Å². The number of hydrogen-bond donors (Lipinski definition) is 2. The molecule has 0 aliphatic rings. The van der Waals surface area contributed by atoms with Crippen molar-refractivity contribution >= 4 is 11.8 Å². The third kappa shape index (κ3) is 0.975. The number of aromatic nitrogens is 2. The fraction of sp³-hybridized carbons (Fsp3) is 0.400. The quantitative estimate of drug-likeness (QED) is 0.583. The summed E-state index contributed by atoms with van der Waals surface area (Å²) in [6.45, 7) is 2.36. The fourth-order valence-corrected chi connectivity index (χ4v) is 0.639. The van der Waals surface area contributed by atoms with Gasteiger partial charge in [0.2, 0.25) is 5.95 Å². The lowest BCUT2D eigenvalue weighted by atomic mass is 10.8. The molecule has 56 valence electrons. The largest absolute Gasteiger partial charge is 0.409 e. The van der Waals surface area contributed by atoms with E-state index < -0.39 is 0 Å².